The fourth-order valence-corrected chi connectivity index (χ4v) is 2.55. The maximum Gasteiger partial charge on any atom is 0.269 e. The first kappa shape index (κ1) is 19.0. The highest BCUT2D eigenvalue weighted by atomic mass is 16.3. The van der Waals surface area contributed by atoms with Gasteiger partial charge in [-0.25, -0.2) is 0 Å². The van der Waals surface area contributed by atoms with Gasteiger partial charge in [-0.15, -0.1) is 0 Å². The Kier molecular flexibility index (Phi) is 5.91. The number of aromatic nitrogens is 2. The number of hydrogen-bond donors (Lipinski definition) is 5. The molecular weight excluding hydrogens is 360 g/mol. The van der Waals surface area contributed by atoms with Crippen LogP contribution >= 0.6 is 0 Å². The molecule has 1 aromatic heterocycles. The van der Waals surface area contributed by atoms with Crippen LogP contribution < -0.4 is 10.6 Å². The van der Waals surface area contributed by atoms with Gasteiger partial charge >= 0.3 is 0 Å². The van der Waals surface area contributed by atoms with Crippen LogP contribution in [0.25, 0.3) is 11.3 Å². The Morgan fingerprint density at radius 2 is 1.61 bits per heavy atom. The summed E-state index contributed by atoms with van der Waals surface area (Å²) in [5, 5.41) is 31.0. The zero-order chi connectivity index (χ0) is 19.9. The van der Waals surface area contributed by atoms with Crippen molar-refractivity contribution in [2.45, 2.75) is 6.42 Å². The summed E-state index contributed by atoms with van der Waals surface area (Å²) in [5.41, 5.74) is 2.21. The lowest BCUT2D eigenvalue weighted by atomic mass is 10.1. The zero-order valence-corrected chi connectivity index (χ0v) is 15.0. The number of H-pyrrole nitrogens is 1. The van der Waals surface area contributed by atoms with E-state index in [4.69, 9.17) is 0 Å². The summed E-state index contributed by atoms with van der Waals surface area (Å²) in [6.07, 6.45) is 0.529. The molecule has 8 nitrogen and oxygen atoms in total. The SMILES string of the molecule is O=C(NCCCNC(=O)c1cc(-c2ccccc2)n[nH]1)c1ccc(O)c(O)c1. The average molecular weight is 380 g/mol. The third-order valence-corrected chi connectivity index (χ3v) is 4.05. The maximum absolute atomic E-state index is 12.2. The molecule has 28 heavy (non-hydrogen) atoms. The van der Waals surface area contributed by atoms with Gasteiger partial charge in [0.1, 0.15) is 5.69 Å². The summed E-state index contributed by atoms with van der Waals surface area (Å²) in [7, 11) is 0. The molecule has 0 aliphatic heterocycles. The molecule has 0 saturated carbocycles. The van der Waals surface area contributed by atoms with Gasteiger partial charge in [-0.3, -0.25) is 14.7 Å². The Bertz CT molecular complexity index is 969. The number of rotatable bonds is 7. The quantitative estimate of drug-likeness (QED) is 0.317. The van der Waals surface area contributed by atoms with Crippen molar-refractivity contribution in [3.05, 3.63) is 65.9 Å². The van der Waals surface area contributed by atoms with Gasteiger partial charge in [0.15, 0.2) is 11.5 Å². The van der Waals surface area contributed by atoms with Crippen molar-refractivity contribution in [2.24, 2.45) is 0 Å². The zero-order valence-electron chi connectivity index (χ0n) is 15.0. The highest BCUT2D eigenvalue weighted by molar-refractivity contribution is 5.95. The molecule has 0 aliphatic carbocycles. The van der Waals surface area contributed by atoms with Crippen LogP contribution in [-0.2, 0) is 0 Å². The minimum absolute atomic E-state index is 0.241. The second kappa shape index (κ2) is 8.72. The number of nitrogens with zero attached hydrogens (tertiary/aromatic N) is 1. The predicted octanol–water partition coefficient (Wildman–Crippen LogP) is 2.04. The van der Waals surface area contributed by atoms with Crippen LogP contribution in [0.3, 0.4) is 0 Å². The summed E-state index contributed by atoms with van der Waals surface area (Å²) in [4.78, 5) is 24.1. The van der Waals surface area contributed by atoms with Crippen molar-refractivity contribution in [3.63, 3.8) is 0 Å². The standard InChI is InChI=1S/C20H20N4O4/c25-17-8-7-14(11-18(17)26)19(27)21-9-4-10-22-20(28)16-12-15(23-24-16)13-5-2-1-3-6-13/h1-3,5-8,11-12,25-26H,4,9-10H2,(H,21,27)(H,22,28)(H,23,24). The van der Waals surface area contributed by atoms with Gasteiger partial charge in [-0.2, -0.15) is 5.10 Å². The fraction of sp³-hybridized carbons (Fsp3) is 0.150. The molecule has 3 rings (SSSR count). The van der Waals surface area contributed by atoms with Crippen molar-refractivity contribution in [3.8, 4) is 22.8 Å². The first-order valence-corrected chi connectivity index (χ1v) is 8.74. The Hall–Kier alpha value is -3.81. The van der Waals surface area contributed by atoms with Crippen LogP contribution in [0.1, 0.15) is 27.3 Å². The van der Waals surface area contributed by atoms with Crippen LogP contribution in [0, 0.1) is 0 Å². The minimum atomic E-state index is -0.373. The van der Waals surface area contributed by atoms with Crippen LogP contribution in [0.15, 0.2) is 54.6 Å². The van der Waals surface area contributed by atoms with E-state index in [1.54, 1.807) is 6.07 Å². The topological polar surface area (TPSA) is 127 Å². The highest BCUT2D eigenvalue weighted by Crippen LogP contribution is 2.24. The van der Waals surface area contributed by atoms with E-state index in [1.165, 1.54) is 18.2 Å². The van der Waals surface area contributed by atoms with Crippen LogP contribution in [0.2, 0.25) is 0 Å². The van der Waals surface area contributed by atoms with E-state index in [2.05, 4.69) is 20.8 Å². The molecule has 1 heterocycles. The monoisotopic (exact) mass is 380 g/mol. The molecule has 3 aromatic rings. The molecule has 8 heteroatoms. The van der Waals surface area contributed by atoms with Gasteiger partial charge in [-0.05, 0) is 30.7 Å². The first-order valence-electron chi connectivity index (χ1n) is 8.74. The number of amides is 2. The number of phenols is 2. The predicted molar refractivity (Wildman–Crippen MR) is 103 cm³/mol. The smallest absolute Gasteiger partial charge is 0.269 e. The Balaban J connectivity index is 1.41. The average Bonchev–Trinajstić information content (AvgIpc) is 3.20. The van der Waals surface area contributed by atoms with Gasteiger partial charge in [0, 0.05) is 24.2 Å². The lowest BCUT2D eigenvalue weighted by molar-refractivity contribution is 0.0948. The molecule has 0 bridgehead atoms. The molecule has 0 spiro atoms. The second-order valence-corrected chi connectivity index (χ2v) is 6.10. The molecule has 0 radical (unpaired) electrons. The molecule has 2 amide bonds. The van der Waals surface area contributed by atoms with Gasteiger partial charge in [0.05, 0.1) is 5.69 Å². The summed E-state index contributed by atoms with van der Waals surface area (Å²) in [5.74, 6) is -1.28. The molecule has 0 atom stereocenters. The summed E-state index contributed by atoms with van der Waals surface area (Å²) >= 11 is 0. The maximum atomic E-state index is 12.2. The third kappa shape index (κ3) is 4.67. The summed E-state index contributed by atoms with van der Waals surface area (Å²) in [6.45, 7) is 0.721. The number of benzene rings is 2. The van der Waals surface area contributed by atoms with E-state index in [1.807, 2.05) is 30.3 Å². The molecule has 0 unspecified atom stereocenters. The molecule has 0 saturated heterocycles. The van der Waals surface area contributed by atoms with E-state index in [9.17, 15) is 19.8 Å². The number of aromatic hydroxyl groups is 2. The van der Waals surface area contributed by atoms with Gasteiger partial charge < -0.3 is 20.8 Å². The van der Waals surface area contributed by atoms with Crippen molar-refractivity contribution >= 4 is 11.8 Å². The van der Waals surface area contributed by atoms with Crippen LogP contribution in [-0.4, -0.2) is 45.3 Å². The van der Waals surface area contributed by atoms with Crippen molar-refractivity contribution in [1.82, 2.24) is 20.8 Å². The number of hydrogen-bond acceptors (Lipinski definition) is 5. The number of aromatic amines is 1. The molecule has 0 fully saturated rings. The molecule has 144 valence electrons. The van der Waals surface area contributed by atoms with E-state index in [0.29, 0.717) is 30.9 Å². The molecule has 5 N–H and O–H groups in total. The largest absolute Gasteiger partial charge is 0.504 e. The van der Waals surface area contributed by atoms with Gasteiger partial charge in [0.25, 0.3) is 11.8 Å². The Morgan fingerprint density at radius 3 is 2.32 bits per heavy atom. The van der Waals surface area contributed by atoms with Gasteiger partial charge in [-0.1, -0.05) is 30.3 Å². The Morgan fingerprint density at radius 1 is 0.893 bits per heavy atom. The van der Waals surface area contributed by atoms with Crippen molar-refractivity contribution in [1.29, 1.82) is 0 Å². The van der Waals surface area contributed by atoms with E-state index >= 15 is 0 Å². The van der Waals surface area contributed by atoms with E-state index < -0.39 is 0 Å². The summed E-state index contributed by atoms with van der Waals surface area (Å²) < 4.78 is 0. The number of carbonyl (C=O) groups excluding carboxylic acids is 2. The normalized spacial score (nSPS) is 10.4. The number of carbonyl (C=O) groups is 2. The third-order valence-electron chi connectivity index (χ3n) is 4.05. The minimum Gasteiger partial charge on any atom is -0.504 e. The fourth-order valence-electron chi connectivity index (χ4n) is 2.55. The highest BCUT2D eigenvalue weighted by Gasteiger charge is 2.11. The lowest BCUT2D eigenvalue weighted by Crippen LogP contribution is -2.30. The molecule has 2 aromatic carbocycles. The molecular formula is C20H20N4O4. The van der Waals surface area contributed by atoms with E-state index in [-0.39, 0.29) is 28.9 Å². The van der Waals surface area contributed by atoms with E-state index in [0.717, 1.165) is 5.56 Å². The van der Waals surface area contributed by atoms with Crippen LogP contribution in [0.5, 0.6) is 11.5 Å². The van der Waals surface area contributed by atoms with Crippen LogP contribution in [0.4, 0.5) is 0 Å². The van der Waals surface area contributed by atoms with Crippen molar-refractivity contribution in [2.75, 3.05) is 13.1 Å². The summed E-state index contributed by atoms with van der Waals surface area (Å²) in [6, 6.07) is 15.1. The Labute approximate surface area is 161 Å². The number of nitrogens with one attached hydrogen (secondary N) is 3. The van der Waals surface area contributed by atoms with Gasteiger partial charge in [0.2, 0.25) is 0 Å². The number of phenolic OH excluding ortho intramolecular Hbond substituents is 2. The second-order valence-electron chi connectivity index (χ2n) is 6.10. The van der Waals surface area contributed by atoms with Crippen molar-refractivity contribution < 1.29 is 19.8 Å². The lowest BCUT2D eigenvalue weighted by Gasteiger charge is -2.07. The molecule has 0 aliphatic rings. The first-order chi connectivity index (χ1) is 13.5.